The lowest BCUT2D eigenvalue weighted by molar-refractivity contribution is -0.127. The van der Waals surface area contributed by atoms with Crippen LogP contribution in [-0.2, 0) is 4.79 Å². The van der Waals surface area contributed by atoms with E-state index in [1.165, 1.54) is 19.3 Å². The highest BCUT2D eigenvalue weighted by molar-refractivity contribution is 9.10. The smallest absolute Gasteiger partial charge is 0.279 e. The fourth-order valence-corrected chi connectivity index (χ4v) is 3.33. The second kappa shape index (κ2) is 9.22. The fraction of sp³-hybridized carbons (Fsp3) is 0.529. The van der Waals surface area contributed by atoms with Crippen molar-refractivity contribution in [3.05, 3.63) is 28.7 Å². The van der Waals surface area contributed by atoms with Gasteiger partial charge in [0.2, 0.25) is 0 Å². The molecule has 0 aromatic heterocycles. The van der Waals surface area contributed by atoms with E-state index >= 15 is 0 Å². The molecule has 1 fully saturated rings. The van der Waals surface area contributed by atoms with E-state index in [0.29, 0.717) is 22.8 Å². The topological polar surface area (TPSA) is 62.4 Å². The van der Waals surface area contributed by atoms with Gasteiger partial charge in [-0.15, -0.1) is 0 Å². The minimum atomic E-state index is -0.636. The molecule has 0 unspecified atom stereocenters. The van der Waals surface area contributed by atoms with E-state index in [-0.39, 0.29) is 5.91 Å². The summed E-state index contributed by atoms with van der Waals surface area (Å²) < 4.78 is 6.51. The molecule has 132 valence electrons. The minimum Gasteiger partial charge on any atom is -0.481 e. The molecule has 1 aromatic carbocycles. The van der Waals surface area contributed by atoms with Crippen molar-refractivity contribution in [3.8, 4) is 5.75 Å². The molecule has 1 saturated carbocycles. The van der Waals surface area contributed by atoms with Crippen LogP contribution < -0.4 is 20.9 Å². The molecule has 0 heterocycles. The van der Waals surface area contributed by atoms with Gasteiger partial charge in [-0.05, 0) is 56.1 Å². The molecular formula is C17H24BrN3O2S. The molecule has 1 aliphatic carbocycles. The summed E-state index contributed by atoms with van der Waals surface area (Å²) in [6.07, 6.45) is 4.18. The van der Waals surface area contributed by atoms with E-state index in [4.69, 9.17) is 17.0 Å². The average molecular weight is 414 g/mol. The Kier molecular flexibility index (Phi) is 7.30. The largest absolute Gasteiger partial charge is 0.481 e. The molecule has 3 atom stereocenters. The first-order valence-electron chi connectivity index (χ1n) is 8.24. The number of carbonyl (C=O) groups excluding carboxylic acids is 1. The molecule has 1 amide bonds. The zero-order valence-electron chi connectivity index (χ0n) is 14.0. The Hall–Kier alpha value is -1.34. The van der Waals surface area contributed by atoms with Crippen LogP contribution in [0.15, 0.2) is 28.7 Å². The summed E-state index contributed by atoms with van der Waals surface area (Å²) in [5, 5.41) is 3.72. The maximum Gasteiger partial charge on any atom is 0.279 e. The van der Waals surface area contributed by atoms with Crippen LogP contribution in [0, 0.1) is 5.92 Å². The summed E-state index contributed by atoms with van der Waals surface area (Å²) in [5.41, 5.74) is 5.35. The van der Waals surface area contributed by atoms with Gasteiger partial charge < -0.3 is 10.1 Å². The lowest BCUT2D eigenvalue weighted by Crippen LogP contribution is -2.53. The van der Waals surface area contributed by atoms with Gasteiger partial charge in [-0.2, -0.15) is 0 Å². The Balaban J connectivity index is 1.74. The van der Waals surface area contributed by atoms with E-state index in [0.717, 1.165) is 10.9 Å². The lowest BCUT2D eigenvalue weighted by atomic mass is 9.86. The van der Waals surface area contributed by atoms with Crippen molar-refractivity contribution >= 4 is 39.2 Å². The summed E-state index contributed by atoms with van der Waals surface area (Å²) in [5.74, 6) is 0.938. The van der Waals surface area contributed by atoms with Gasteiger partial charge in [0, 0.05) is 10.5 Å². The Morgan fingerprint density at radius 3 is 2.79 bits per heavy atom. The van der Waals surface area contributed by atoms with Gasteiger partial charge in [-0.3, -0.25) is 15.6 Å². The molecule has 0 aliphatic heterocycles. The highest BCUT2D eigenvalue weighted by Gasteiger charge is 2.22. The number of nitrogens with one attached hydrogen (secondary N) is 3. The maximum absolute atomic E-state index is 12.1. The fourth-order valence-electron chi connectivity index (χ4n) is 2.75. The number of hydrogen-bond acceptors (Lipinski definition) is 3. The zero-order chi connectivity index (χ0) is 17.5. The van der Waals surface area contributed by atoms with E-state index < -0.39 is 6.10 Å². The Labute approximate surface area is 157 Å². The number of amides is 1. The molecule has 1 aliphatic rings. The van der Waals surface area contributed by atoms with Gasteiger partial charge >= 0.3 is 0 Å². The molecule has 7 heteroatoms. The van der Waals surface area contributed by atoms with Gasteiger partial charge in [0.15, 0.2) is 11.2 Å². The molecule has 2 rings (SSSR count). The first kappa shape index (κ1) is 19.0. The van der Waals surface area contributed by atoms with Crippen LogP contribution in [0.4, 0.5) is 0 Å². The predicted molar refractivity (Wildman–Crippen MR) is 103 cm³/mol. The van der Waals surface area contributed by atoms with Crippen LogP contribution in [0.25, 0.3) is 0 Å². The van der Waals surface area contributed by atoms with Crippen LogP contribution >= 0.6 is 28.1 Å². The number of rotatable bonds is 4. The van der Waals surface area contributed by atoms with Gasteiger partial charge in [0.1, 0.15) is 5.75 Å². The van der Waals surface area contributed by atoms with Crippen molar-refractivity contribution in [2.45, 2.75) is 51.7 Å². The number of hydrazine groups is 1. The average Bonchev–Trinajstić information content (AvgIpc) is 2.54. The van der Waals surface area contributed by atoms with Crippen molar-refractivity contribution in [2.75, 3.05) is 0 Å². The number of ether oxygens (including phenoxy) is 1. The molecule has 5 nitrogen and oxygen atoms in total. The van der Waals surface area contributed by atoms with Crippen LogP contribution in [0.5, 0.6) is 5.75 Å². The summed E-state index contributed by atoms with van der Waals surface area (Å²) in [6, 6.07) is 7.74. The molecule has 1 aromatic rings. The van der Waals surface area contributed by atoms with E-state index in [2.05, 4.69) is 39.0 Å². The standard InChI is InChI=1S/C17H24BrN3O2S/c1-11-6-3-4-9-15(11)19-17(24)21-20-16(22)12(2)23-14-8-5-7-13(18)10-14/h5,7-8,10-12,15H,3-4,6,9H2,1-2H3,(H,20,22)(H2,19,21,24)/t11-,12-,15+/m1/s1. The van der Waals surface area contributed by atoms with E-state index in [1.807, 2.05) is 18.2 Å². The van der Waals surface area contributed by atoms with E-state index in [1.54, 1.807) is 13.0 Å². The number of hydrogen-bond donors (Lipinski definition) is 3. The number of halogens is 1. The van der Waals surface area contributed by atoms with Gasteiger partial charge in [0.25, 0.3) is 5.91 Å². The maximum atomic E-state index is 12.1. The third-order valence-electron chi connectivity index (χ3n) is 4.21. The number of thiocarbonyl (C=S) groups is 1. The van der Waals surface area contributed by atoms with Crippen molar-refractivity contribution in [1.29, 1.82) is 0 Å². The number of carbonyl (C=O) groups is 1. The molecule has 0 radical (unpaired) electrons. The minimum absolute atomic E-state index is 0.282. The third-order valence-corrected chi connectivity index (χ3v) is 4.92. The highest BCUT2D eigenvalue weighted by Crippen LogP contribution is 2.23. The Morgan fingerprint density at radius 1 is 1.33 bits per heavy atom. The molecule has 24 heavy (non-hydrogen) atoms. The quantitative estimate of drug-likeness (QED) is 0.522. The predicted octanol–water partition coefficient (Wildman–Crippen LogP) is 3.29. The molecule has 0 bridgehead atoms. The summed E-state index contributed by atoms with van der Waals surface area (Å²) in [4.78, 5) is 12.1. The van der Waals surface area contributed by atoms with Crippen LogP contribution in [0.3, 0.4) is 0 Å². The lowest BCUT2D eigenvalue weighted by Gasteiger charge is -2.30. The Morgan fingerprint density at radius 2 is 2.08 bits per heavy atom. The SMILES string of the molecule is C[C@@H]1CCCC[C@@H]1NC(=S)NNC(=O)[C@@H](C)Oc1cccc(Br)c1. The van der Waals surface area contributed by atoms with Crippen molar-refractivity contribution < 1.29 is 9.53 Å². The molecule has 0 saturated heterocycles. The first-order chi connectivity index (χ1) is 11.5. The van der Waals surface area contributed by atoms with E-state index in [9.17, 15) is 4.79 Å². The Bertz CT molecular complexity index is 585. The van der Waals surface area contributed by atoms with Crippen LogP contribution in [-0.4, -0.2) is 23.2 Å². The van der Waals surface area contributed by atoms with Crippen molar-refractivity contribution in [2.24, 2.45) is 5.92 Å². The summed E-state index contributed by atoms with van der Waals surface area (Å²) >= 11 is 8.63. The molecule has 3 N–H and O–H groups in total. The summed E-state index contributed by atoms with van der Waals surface area (Å²) in [6.45, 7) is 3.92. The summed E-state index contributed by atoms with van der Waals surface area (Å²) in [7, 11) is 0. The first-order valence-corrected chi connectivity index (χ1v) is 9.44. The van der Waals surface area contributed by atoms with Gasteiger partial charge in [-0.25, -0.2) is 0 Å². The second-order valence-electron chi connectivity index (χ2n) is 6.17. The van der Waals surface area contributed by atoms with Gasteiger partial charge in [-0.1, -0.05) is 41.8 Å². The van der Waals surface area contributed by atoms with Crippen molar-refractivity contribution in [1.82, 2.24) is 16.2 Å². The molecular weight excluding hydrogens is 390 g/mol. The second-order valence-corrected chi connectivity index (χ2v) is 7.50. The zero-order valence-corrected chi connectivity index (χ0v) is 16.4. The molecule has 0 spiro atoms. The monoisotopic (exact) mass is 413 g/mol. The normalized spacial score (nSPS) is 21.5. The van der Waals surface area contributed by atoms with Gasteiger partial charge in [0.05, 0.1) is 0 Å². The third kappa shape index (κ3) is 5.94. The number of benzene rings is 1. The van der Waals surface area contributed by atoms with Crippen LogP contribution in [0.2, 0.25) is 0 Å². The highest BCUT2D eigenvalue weighted by atomic mass is 79.9. The van der Waals surface area contributed by atoms with Crippen LogP contribution in [0.1, 0.15) is 39.5 Å². The van der Waals surface area contributed by atoms with Crippen molar-refractivity contribution in [3.63, 3.8) is 0 Å².